The smallest absolute Gasteiger partial charge is 0.407 e. The molecule has 0 bridgehead atoms. The largest absolute Gasteiger partial charge is 0.481 e. The Balaban J connectivity index is 1.43. The number of fused-ring (bicyclic) bond motifs is 3. The Labute approximate surface area is 224 Å². The molecule has 180 valence electrons. The van der Waals surface area contributed by atoms with E-state index >= 15 is 0 Å². The van der Waals surface area contributed by atoms with E-state index in [2.05, 4.69) is 49.2 Å². The van der Waals surface area contributed by atoms with E-state index in [9.17, 15) is 14.4 Å². The van der Waals surface area contributed by atoms with E-state index in [0.717, 1.165) is 30.3 Å². The molecule has 0 saturated heterocycles. The van der Waals surface area contributed by atoms with Gasteiger partial charge in [-0.15, -0.1) is 0 Å². The lowest BCUT2D eigenvalue weighted by Crippen LogP contribution is -2.44. The first-order valence-corrected chi connectivity index (χ1v) is 12.8. The molecule has 2 amide bonds. The molecule has 1 aliphatic carbocycles. The highest BCUT2D eigenvalue weighted by Gasteiger charge is 2.30. The first-order chi connectivity index (χ1) is 16.8. The highest BCUT2D eigenvalue weighted by molar-refractivity contribution is 14.1. The van der Waals surface area contributed by atoms with Crippen molar-refractivity contribution in [3.05, 3.63) is 85.9 Å². The molecule has 1 atom stereocenters. The molecule has 9 heteroatoms. The van der Waals surface area contributed by atoms with E-state index in [4.69, 9.17) is 9.84 Å². The maximum atomic E-state index is 12.9. The van der Waals surface area contributed by atoms with E-state index in [-0.39, 0.29) is 25.4 Å². The number of anilines is 1. The quantitative estimate of drug-likeness (QED) is 0.269. The Kier molecular flexibility index (Phi) is 8.07. The summed E-state index contributed by atoms with van der Waals surface area (Å²) >= 11 is 5.53. The predicted molar refractivity (Wildman–Crippen MR) is 144 cm³/mol. The number of hydrogen-bond donors (Lipinski definition) is 3. The van der Waals surface area contributed by atoms with Gasteiger partial charge in [0.25, 0.3) is 0 Å². The van der Waals surface area contributed by atoms with Crippen LogP contribution in [0.25, 0.3) is 11.1 Å². The van der Waals surface area contributed by atoms with Crippen molar-refractivity contribution in [1.82, 2.24) is 5.32 Å². The summed E-state index contributed by atoms with van der Waals surface area (Å²) in [6.07, 6.45) is -1.12. The summed E-state index contributed by atoms with van der Waals surface area (Å²) < 4.78 is 7.31. The second kappa shape index (κ2) is 11.2. The van der Waals surface area contributed by atoms with Crippen molar-refractivity contribution in [3.8, 4) is 11.1 Å². The van der Waals surface area contributed by atoms with Crippen molar-refractivity contribution in [2.24, 2.45) is 0 Å². The van der Waals surface area contributed by atoms with E-state index < -0.39 is 24.0 Å². The van der Waals surface area contributed by atoms with Crippen molar-refractivity contribution in [3.63, 3.8) is 0 Å². The Hall–Kier alpha value is -2.92. The molecule has 1 unspecified atom stereocenters. The van der Waals surface area contributed by atoms with Crippen LogP contribution in [0.5, 0.6) is 0 Å². The van der Waals surface area contributed by atoms with Crippen molar-refractivity contribution >= 4 is 62.2 Å². The van der Waals surface area contributed by atoms with E-state index in [0.29, 0.717) is 5.69 Å². The highest BCUT2D eigenvalue weighted by atomic mass is 127. The molecule has 0 aromatic heterocycles. The molecular formula is C26H22BrIN2O5. The fourth-order valence-electron chi connectivity index (χ4n) is 4.12. The fourth-order valence-corrected chi connectivity index (χ4v) is 4.88. The molecular weight excluding hydrogens is 627 g/mol. The van der Waals surface area contributed by atoms with Gasteiger partial charge in [-0.3, -0.25) is 9.59 Å². The van der Waals surface area contributed by atoms with Crippen molar-refractivity contribution in [2.45, 2.75) is 24.8 Å². The number of carboxylic acid groups (broad SMARTS) is 1. The maximum absolute atomic E-state index is 12.9. The Morgan fingerprint density at radius 1 is 1.00 bits per heavy atom. The van der Waals surface area contributed by atoms with Gasteiger partial charge < -0.3 is 20.5 Å². The van der Waals surface area contributed by atoms with Crippen molar-refractivity contribution in [2.75, 3.05) is 11.9 Å². The molecule has 0 aliphatic heterocycles. The summed E-state index contributed by atoms with van der Waals surface area (Å²) in [5, 5.41) is 14.4. The van der Waals surface area contributed by atoms with Crippen LogP contribution in [0.3, 0.4) is 0 Å². The van der Waals surface area contributed by atoms with Gasteiger partial charge in [-0.2, -0.15) is 0 Å². The van der Waals surface area contributed by atoms with Crippen LogP contribution in [0, 0.1) is 3.57 Å². The minimum Gasteiger partial charge on any atom is -0.481 e. The first kappa shape index (κ1) is 25.2. The standard InChI is InChI=1S/C26H22BrIN2O5/c27-21-10-9-15(13-22(21)28)29-25(33)23(11-12-24(31)32)30-26(34)35-14-20-18-7-3-1-5-16(18)17-6-2-4-8-19(17)20/h1-10,13,20,23H,11-12,14H2,(H,29,33)(H,30,34)(H,31,32). The number of aliphatic carboxylic acids is 1. The molecule has 0 radical (unpaired) electrons. The van der Waals surface area contributed by atoms with Crippen LogP contribution in [-0.2, 0) is 14.3 Å². The van der Waals surface area contributed by atoms with Crippen LogP contribution >= 0.6 is 38.5 Å². The molecule has 35 heavy (non-hydrogen) atoms. The average Bonchev–Trinajstić information content (AvgIpc) is 3.16. The lowest BCUT2D eigenvalue weighted by atomic mass is 9.98. The minimum absolute atomic E-state index is 0.0705. The summed E-state index contributed by atoms with van der Waals surface area (Å²) in [4.78, 5) is 36.6. The lowest BCUT2D eigenvalue weighted by molar-refractivity contribution is -0.137. The SMILES string of the molecule is O=C(O)CCC(NC(=O)OCC1c2ccccc2-c2ccccc21)C(=O)Nc1ccc(Br)c(I)c1. The second-order valence-electron chi connectivity index (χ2n) is 8.07. The number of rotatable bonds is 8. The van der Waals surface area contributed by atoms with E-state index in [1.807, 2.05) is 48.5 Å². The zero-order valence-electron chi connectivity index (χ0n) is 18.5. The summed E-state index contributed by atoms with van der Waals surface area (Å²) in [5.74, 6) is -1.70. The molecule has 1 aliphatic rings. The van der Waals surface area contributed by atoms with Crippen LogP contribution in [-0.4, -0.2) is 35.7 Å². The minimum atomic E-state index is -1.07. The number of amides is 2. The van der Waals surface area contributed by atoms with Gasteiger partial charge in [-0.25, -0.2) is 4.79 Å². The molecule has 0 spiro atoms. The average molecular weight is 649 g/mol. The van der Waals surface area contributed by atoms with Crippen LogP contribution in [0.15, 0.2) is 71.2 Å². The molecule has 7 nitrogen and oxygen atoms in total. The van der Waals surface area contributed by atoms with Crippen LogP contribution in [0.1, 0.15) is 29.9 Å². The number of alkyl carbamates (subject to hydrolysis) is 1. The molecule has 3 aromatic carbocycles. The molecule has 0 heterocycles. The van der Waals surface area contributed by atoms with Gasteiger partial charge in [0.15, 0.2) is 0 Å². The maximum Gasteiger partial charge on any atom is 0.407 e. The number of nitrogens with one attached hydrogen (secondary N) is 2. The van der Waals surface area contributed by atoms with Crippen LogP contribution in [0.4, 0.5) is 10.5 Å². The molecule has 0 fully saturated rings. The number of carboxylic acids is 1. The van der Waals surface area contributed by atoms with Gasteiger partial charge in [0, 0.05) is 26.1 Å². The summed E-state index contributed by atoms with van der Waals surface area (Å²) in [7, 11) is 0. The van der Waals surface area contributed by atoms with Crippen LogP contribution in [0.2, 0.25) is 0 Å². The van der Waals surface area contributed by atoms with Crippen LogP contribution < -0.4 is 10.6 Å². The van der Waals surface area contributed by atoms with E-state index in [1.54, 1.807) is 18.2 Å². The van der Waals surface area contributed by atoms with Gasteiger partial charge in [0.2, 0.25) is 5.91 Å². The first-order valence-electron chi connectivity index (χ1n) is 10.9. The third-order valence-corrected chi connectivity index (χ3v) is 8.11. The topological polar surface area (TPSA) is 105 Å². The highest BCUT2D eigenvalue weighted by Crippen LogP contribution is 2.44. The number of ether oxygens (including phenoxy) is 1. The number of carbonyl (C=O) groups is 3. The molecule has 0 saturated carbocycles. The Bertz CT molecular complexity index is 1240. The second-order valence-corrected chi connectivity index (χ2v) is 10.1. The van der Waals surface area contributed by atoms with Gasteiger partial charge in [-0.1, -0.05) is 48.5 Å². The summed E-state index contributed by atoms with van der Waals surface area (Å²) in [6, 6.07) is 20.2. The fraction of sp³-hybridized carbons (Fsp3) is 0.192. The van der Waals surface area contributed by atoms with E-state index in [1.165, 1.54) is 0 Å². The van der Waals surface area contributed by atoms with Crippen molar-refractivity contribution in [1.29, 1.82) is 0 Å². The zero-order valence-corrected chi connectivity index (χ0v) is 22.2. The van der Waals surface area contributed by atoms with Crippen molar-refractivity contribution < 1.29 is 24.2 Å². The monoisotopic (exact) mass is 648 g/mol. The van der Waals surface area contributed by atoms with Gasteiger partial charge in [-0.05, 0) is 85.4 Å². The van der Waals surface area contributed by atoms with Gasteiger partial charge >= 0.3 is 12.1 Å². The third kappa shape index (κ3) is 6.02. The Morgan fingerprint density at radius 2 is 1.63 bits per heavy atom. The predicted octanol–water partition coefficient (Wildman–Crippen LogP) is 5.76. The van der Waals surface area contributed by atoms with Gasteiger partial charge in [0.1, 0.15) is 12.6 Å². The third-order valence-electron chi connectivity index (χ3n) is 5.79. The molecule has 3 N–H and O–H groups in total. The number of halogens is 2. The van der Waals surface area contributed by atoms with Gasteiger partial charge in [0.05, 0.1) is 0 Å². The Morgan fingerprint density at radius 3 is 2.23 bits per heavy atom. The lowest BCUT2D eigenvalue weighted by Gasteiger charge is -2.19. The zero-order chi connectivity index (χ0) is 24.9. The molecule has 3 aromatic rings. The number of hydrogen-bond acceptors (Lipinski definition) is 4. The number of benzene rings is 3. The summed E-state index contributed by atoms with van der Waals surface area (Å²) in [5.41, 5.74) is 4.91. The summed E-state index contributed by atoms with van der Waals surface area (Å²) in [6.45, 7) is 0.0953. The normalized spacial score (nSPS) is 12.9. The number of carbonyl (C=O) groups excluding carboxylic acids is 2. The molecule has 4 rings (SSSR count).